The molecule has 3 aromatic heterocycles. The Morgan fingerprint density at radius 1 is 1.00 bits per heavy atom. The lowest BCUT2D eigenvalue weighted by Gasteiger charge is -2.33. The Hall–Kier alpha value is -3.69. The van der Waals surface area contributed by atoms with Gasteiger partial charge in [-0.1, -0.05) is 69.5 Å². The van der Waals surface area contributed by atoms with Crippen molar-refractivity contribution >= 4 is 11.6 Å². The zero-order valence-electron chi connectivity index (χ0n) is 25.3. The predicted octanol–water partition coefficient (Wildman–Crippen LogP) is 4.74. The predicted molar refractivity (Wildman–Crippen MR) is 166 cm³/mol. The van der Waals surface area contributed by atoms with E-state index in [4.69, 9.17) is 4.98 Å². The number of aliphatic hydroxyl groups excluding tert-OH is 2. The van der Waals surface area contributed by atoms with E-state index >= 15 is 0 Å². The van der Waals surface area contributed by atoms with Crippen molar-refractivity contribution in [2.24, 2.45) is 11.8 Å². The Morgan fingerprint density at radius 3 is 2.49 bits per heavy atom. The minimum absolute atomic E-state index is 0.0576. The molecule has 0 radical (unpaired) electrons. The van der Waals surface area contributed by atoms with Gasteiger partial charge >= 0.3 is 0 Å². The largest absolute Gasteiger partial charge is 0.390 e. The summed E-state index contributed by atoms with van der Waals surface area (Å²) in [7, 11) is 0. The molecule has 4 aromatic rings. The summed E-state index contributed by atoms with van der Waals surface area (Å²) < 4.78 is 1.90. The molecule has 9 nitrogen and oxygen atoms in total. The second-order valence-electron chi connectivity index (χ2n) is 12.3. The zero-order valence-corrected chi connectivity index (χ0v) is 25.3. The van der Waals surface area contributed by atoms with Crippen molar-refractivity contribution in [2.75, 3.05) is 0 Å². The number of fused-ring (bicyclic) bond motifs is 1. The molecule has 1 aliphatic rings. The molecule has 1 saturated carbocycles. The van der Waals surface area contributed by atoms with Crippen molar-refractivity contribution in [3.05, 3.63) is 78.1 Å². The highest BCUT2D eigenvalue weighted by Crippen LogP contribution is 2.29. The van der Waals surface area contributed by atoms with Crippen LogP contribution in [0, 0.1) is 11.8 Å². The lowest BCUT2D eigenvalue weighted by atomic mass is 9.81. The van der Waals surface area contributed by atoms with E-state index in [1.165, 1.54) is 6.42 Å². The third-order valence-corrected chi connectivity index (χ3v) is 8.45. The lowest BCUT2D eigenvalue weighted by Crippen LogP contribution is -2.45. The summed E-state index contributed by atoms with van der Waals surface area (Å²) in [5, 5.41) is 33.8. The second kappa shape index (κ2) is 14.7. The van der Waals surface area contributed by atoms with E-state index < -0.39 is 12.2 Å². The molecule has 0 spiro atoms. The Kier molecular flexibility index (Phi) is 10.5. The molecule has 3 N–H and O–H groups in total. The van der Waals surface area contributed by atoms with Crippen LogP contribution in [0.2, 0.25) is 0 Å². The second-order valence-corrected chi connectivity index (χ2v) is 12.3. The van der Waals surface area contributed by atoms with Crippen LogP contribution < -0.4 is 5.32 Å². The fourth-order valence-electron chi connectivity index (χ4n) is 6.15. The average molecular weight is 585 g/mol. The van der Waals surface area contributed by atoms with E-state index in [-0.39, 0.29) is 24.3 Å². The van der Waals surface area contributed by atoms with Crippen LogP contribution in [0.4, 0.5) is 0 Å². The minimum Gasteiger partial charge on any atom is -0.390 e. The van der Waals surface area contributed by atoms with Crippen molar-refractivity contribution in [3.63, 3.8) is 0 Å². The van der Waals surface area contributed by atoms with Crippen LogP contribution in [0.5, 0.6) is 0 Å². The van der Waals surface area contributed by atoms with Gasteiger partial charge in [-0.15, -0.1) is 10.2 Å². The SMILES string of the molecule is CC(C)Cc1nc(-c2ccccc2)cn2c(CC(=O)NC(C[C@@H](O)[C@@H](O)CCc3ccccn3)C3CCCCC3)nnc12. The standard InChI is InChI=1S/C34H44N6O3/c1-23(2)19-28-34-39-38-32(40(34)22-29(36-28)25-13-7-4-8-14-25)21-33(43)37-27(24-11-5-3-6-12-24)20-31(42)30(41)17-16-26-15-9-10-18-35-26/h4,7-10,13-15,18,22-24,27,30-31,41-42H,3,5-6,11-12,16-17,19-21H2,1-2H3,(H,37,43)/t27?,30-,31+/m0/s1. The van der Waals surface area contributed by atoms with Gasteiger partial charge < -0.3 is 15.5 Å². The van der Waals surface area contributed by atoms with Crippen LogP contribution in [-0.2, 0) is 24.1 Å². The first-order chi connectivity index (χ1) is 20.9. The summed E-state index contributed by atoms with van der Waals surface area (Å²) in [4.78, 5) is 22.8. The number of nitrogens with zero attached hydrogens (tertiary/aromatic N) is 5. The number of aliphatic hydroxyl groups is 2. The van der Waals surface area contributed by atoms with Gasteiger partial charge in [0.1, 0.15) is 5.82 Å². The van der Waals surface area contributed by atoms with Crippen LogP contribution >= 0.6 is 0 Å². The normalized spacial score (nSPS) is 16.3. The number of hydrogen-bond acceptors (Lipinski definition) is 7. The van der Waals surface area contributed by atoms with E-state index in [2.05, 4.69) is 34.3 Å². The maximum atomic E-state index is 13.5. The van der Waals surface area contributed by atoms with Crippen LogP contribution in [-0.4, -0.2) is 58.9 Å². The summed E-state index contributed by atoms with van der Waals surface area (Å²) in [5.74, 6) is 1.03. The van der Waals surface area contributed by atoms with Crippen LogP contribution in [0.15, 0.2) is 60.9 Å². The third kappa shape index (κ3) is 8.24. The molecular weight excluding hydrogens is 540 g/mol. The Labute approximate surface area is 253 Å². The molecule has 3 atom stereocenters. The van der Waals surface area contributed by atoms with Crippen molar-refractivity contribution in [1.82, 2.24) is 29.9 Å². The molecular formula is C34H44N6O3. The Bertz CT molecular complexity index is 1450. The molecule has 1 fully saturated rings. The number of aromatic nitrogens is 5. The molecule has 0 saturated heterocycles. The quantitative estimate of drug-likeness (QED) is 0.207. The highest BCUT2D eigenvalue weighted by atomic mass is 16.3. The van der Waals surface area contributed by atoms with E-state index in [1.807, 2.05) is 59.1 Å². The summed E-state index contributed by atoms with van der Waals surface area (Å²) >= 11 is 0. The van der Waals surface area contributed by atoms with Crippen molar-refractivity contribution < 1.29 is 15.0 Å². The summed E-state index contributed by atoms with van der Waals surface area (Å²) in [6.45, 7) is 4.29. The zero-order chi connectivity index (χ0) is 30.2. The molecule has 43 heavy (non-hydrogen) atoms. The van der Waals surface area contributed by atoms with Gasteiger partial charge in [-0.05, 0) is 62.5 Å². The summed E-state index contributed by atoms with van der Waals surface area (Å²) in [6.07, 6.45) is 9.32. The monoisotopic (exact) mass is 584 g/mol. The molecule has 1 aromatic carbocycles. The highest BCUT2D eigenvalue weighted by molar-refractivity contribution is 5.78. The van der Waals surface area contributed by atoms with Gasteiger partial charge in [0.25, 0.3) is 0 Å². The van der Waals surface area contributed by atoms with Gasteiger partial charge in [-0.25, -0.2) is 4.98 Å². The van der Waals surface area contributed by atoms with E-state index in [0.717, 1.165) is 54.7 Å². The van der Waals surface area contributed by atoms with Crippen LogP contribution in [0.25, 0.3) is 16.9 Å². The number of carbonyl (C=O) groups is 1. The fraction of sp³-hybridized carbons (Fsp3) is 0.500. The van der Waals surface area contributed by atoms with E-state index in [0.29, 0.717) is 36.7 Å². The van der Waals surface area contributed by atoms with Crippen LogP contribution in [0.3, 0.4) is 0 Å². The molecule has 5 rings (SSSR count). The molecule has 0 aliphatic heterocycles. The van der Waals surface area contributed by atoms with Gasteiger partial charge in [0.2, 0.25) is 5.91 Å². The number of nitrogens with one attached hydrogen (secondary N) is 1. The maximum absolute atomic E-state index is 13.5. The van der Waals surface area contributed by atoms with Crippen molar-refractivity contribution in [1.29, 1.82) is 0 Å². The molecule has 1 amide bonds. The Morgan fingerprint density at radius 2 is 1.77 bits per heavy atom. The number of hydrogen-bond donors (Lipinski definition) is 3. The lowest BCUT2D eigenvalue weighted by molar-refractivity contribution is -0.122. The molecule has 228 valence electrons. The van der Waals surface area contributed by atoms with Gasteiger partial charge in [0, 0.05) is 29.7 Å². The Balaban J connectivity index is 1.31. The topological polar surface area (TPSA) is 126 Å². The first-order valence-corrected chi connectivity index (χ1v) is 15.7. The number of rotatable bonds is 13. The maximum Gasteiger partial charge on any atom is 0.227 e. The number of amides is 1. The number of benzene rings is 1. The first kappa shape index (κ1) is 30.8. The molecule has 1 aliphatic carbocycles. The van der Waals surface area contributed by atoms with Gasteiger partial charge in [0.05, 0.1) is 30.0 Å². The fourth-order valence-corrected chi connectivity index (χ4v) is 6.15. The van der Waals surface area contributed by atoms with Crippen LogP contribution in [0.1, 0.15) is 76.0 Å². The van der Waals surface area contributed by atoms with E-state index in [1.54, 1.807) is 6.20 Å². The highest BCUT2D eigenvalue weighted by Gasteiger charge is 2.30. The van der Waals surface area contributed by atoms with Gasteiger partial charge in [-0.2, -0.15) is 0 Å². The third-order valence-electron chi connectivity index (χ3n) is 8.45. The summed E-state index contributed by atoms with van der Waals surface area (Å²) in [5.41, 5.74) is 4.22. The average Bonchev–Trinajstić information content (AvgIpc) is 3.43. The smallest absolute Gasteiger partial charge is 0.227 e. The summed E-state index contributed by atoms with van der Waals surface area (Å²) in [6, 6.07) is 15.5. The molecule has 3 heterocycles. The van der Waals surface area contributed by atoms with Crippen molar-refractivity contribution in [2.45, 2.75) is 96.3 Å². The number of aryl methyl sites for hydroxylation is 1. The van der Waals surface area contributed by atoms with Gasteiger partial charge in [-0.3, -0.25) is 14.2 Å². The first-order valence-electron chi connectivity index (χ1n) is 15.7. The van der Waals surface area contributed by atoms with Gasteiger partial charge in [0.15, 0.2) is 5.65 Å². The minimum atomic E-state index is -0.942. The number of pyridine rings is 1. The number of carbonyl (C=O) groups excluding carboxylic acids is 1. The molecule has 9 heteroatoms. The molecule has 0 bridgehead atoms. The van der Waals surface area contributed by atoms with E-state index in [9.17, 15) is 15.0 Å². The molecule has 1 unspecified atom stereocenters. The van der Waals surface area contributed by atoms with Crippen molar-refractivity contribution in [3.8, 4) is 11.3 Å².